The molecule has 0 aliphatic rings. The van der Waals surface area contributed by atoms with Gasteiger partial charge in [0.15, 0.2) is 0 Å². The van der Waals surface area contributed by atoms with Gasteiger partial charge >= 0.3 is 0 Å². The summed E-state index contributed by atoms with van der Waals surface area (Å²) in [5.41, 5.74) is 0.998. The van der Waals surface area contributed by atoms with Gasteiger partial charge < -0.3 is 10.1 Å². The number of nitro groups is 1. The second-order valence-electron chi connectivity index (χ2n) is 7.62. The van der Waals surface area contributed by atoms with Crippen molar-refractivity contribution in [3.8, 4) is 5.75 Å². The molecule has 0 unspecified atom stereocenters. The van der Waals surface area contributed by atoms with Gasteiger partial charge in [0.1, 0.15) is 12.3 Å². The molecule has 3 aromatic carbocycles. The first-order valence-corrected chi connectivity index (χ1v) is 12.4. The van der Waals surface area contributed by atoms with E-state index in [4.69, 9.17) is 16.3 Å². The fraction of sp³-hybridized carbons (Fsp3) is 0.208. The minimum atomic E-state index is -4.42. The molecule has 1 N–H and O–H groups in total. The van der Waals surface area contributed by atoms with E-state index in [-0.39, 0.29) is 27.0 Å². The molecule has 1 amide bonds. The van der Waals surface area contributed by atoms with Crippen molar-refractivity contribution in [2.24, 2.45) is 0 Å². The number of sulfonamides is 1. The summed E-state index contributed by atoms with van der Waals surface area (Å²) in [5.74, 6) is -0.398. The summed E-state index contributed by atoms with van der Waals surface area (Å²) >= 11 is 6.12. The number of anilines is 1. The summed E-state index contributed by atoms with van der Waals surface area (Å²) in [5, 5.41) is 14.3. The molecule has 0 fully saturated rings. The highest BCUT2D eigenvalue weighted by Crippen LogP contribution is 2.35. The quantitative estimate of drug-likeness (QED) is 0.319. The fourth-order valence-corrected chi connectivity index (χ4v) is 5.02. The molecule has 9 nitrogen and oxygen atoms in total. The van der Waals surface area contributed by atoms with Crippen LogP contribution in [0.4, 0.5) is 11.4 Å². The zero-order valence-electron chi connectivity index (χ0n) is 19.1. The average Bonchev–Trinajstić information content (AvgIpc) is 2.83. The van der Waals surface area contributed by atoms with Crippen LogP contribution < -0.4 is 14.4 Å². The van der Waals surface area contributed by atoms with E-state index < -0.39 is 27.4 Å². The smallest absolute Gasteiger partial charge is 0.273 e. The minimum absolute atomic E-state index is 0.0291. The van der Waals surface area contributed by atoms with Crippen LogP contribution in [0, 0.1) is 17.0 Å². The topological polar surface area (TPSA) is 119 Å². The zero-order chi connectivity index (χ0) is 25.6. The lowest BCUT2D eigenvalue weighted by Gasteiger charge is -2.26. The van der Waals surface area contributed by atoms with Crippen molar-refractivity contribution in [1.29, 1.82) is 0 Å². The molecule has 0 heterocycles. The summed E-state index contributed by atoms with van der Waals surface area (Å²) < 4.78 is 33.5. The summed E-state index contributed by atoms with van der Waals surface area (Å²) in [4.78, 5) is 23.2. The van der Waals surface area contributed by atoms with Crippen LogP contribution in [0.1, 0.15) is 11.1 Å². The number of halogens is 1. The Labute approximate surface area is 208 Å². The lowest BCUT2D eigenvalue weighted by molar-refractivity contribution is -0.385. The number of nitrogens with one attached hydrogen (secondary N) is 1. The summed E-state index contributed by atoms with van der Waals surface area (Å²) in [6.07, 6.45) is 0.559. The lowest BCUT2D eigenvalue weighted by Crippen LogP contribution is -2.41. The van der Waals surface area contributed by atoms with Gasteiger partial charge in [0, 0.05) is 23.2 Å². The predicted octanol–water partition coefficient (Wildman–Crippen LogP) is 4.12. The number of nitro benzene ring substituents is 1. The van der Waals surface area contributed by atoms with E-state index in [1.54, 1.807) is 0 Å². The monoisotopic (exact) mass is 517 g/mol. The maximum atomic E-state index is 13.7. The van der Waals surface area contributed by atoms with Crippen LogP contribution in [-0.2, 0) is 21.2 Å². The zero-order valence-corrected chi connectivity index (χ0v) is 20.7. The van der Waals surface area contributed by atoms with Crippen molar-refractivity contribution in [1.82, 2.24) is 5.32 Å². The van der Waals surface area contributed by atoms with Gasteiger partial charge in [-0.1, -0.05) is 48.0 Å². The van der Waals surface area contributed by atoms with Crippen molar-refractivity contribution in [3.05, 3.63) is 93.0 Å². The molecule has 35 heavy (non-hydrogen) atoms. The van der Waals surface area contributed by atoms with Crippen molar-refractivity contribution in [3.63, 3.8) is 0 Å². The fourth-order valence-electron chi connectivity index (χ4n) is 3.41. The molecule has 184 valence electrons. The van der Waals surface area contributed by atoms with Crippen LogP contribution in [0.25, 0.3) is 0 Å². The van der Waals surface area contributed by atoms with Gasteiger partial charge in [0.25, 0.3) is 15.7 Å². The Morgan fingerprint density at radius 3 is 2.49 bits per heavy atom. The van der Waals surface area contributed by atoms with E-state index in [1.165, 1.54) is 44.4 Å². The van der Waals surface area contributed by atoms with Crippen LogP contribution in [0.5, 0.6) is 5.75 Å². The Balaban J connectivity index is 1.96. The Morgan fingerprint density at radius 2 is 1.83 bits per heavy atom. The maximum Gasteiger partial charge on any atom is 0.273 e. The normalized spacial score (nSPS) is 11.1. The second-order valence-corrected chi connectivity index (χ2v) is 9.92. The number of ether oxygens (including phenoxy) is 1. The van der Waals surface area contributed by atoms with E-state index >= 15 is 0 Å². The highest BCUT2D eigenvalue weighted by molar-refractivity contribution is 7.92. The third kappa shape index (κ3) is 6.28. The molecule has 0 saturated carbocycles. The van der Waals surface area contributed by atoms with E-state index in [9.17, 15) is 23.3 Å². The van der Waals surface area contributed by atoms with E-state index in [1.807, 2.05) is 30.3 Å². The van der Waals surface area contributed by atoms with Crippen molar-refractivity contribution in [2.45, 2.75) is 18.2 Å². The predicted molar refractivity (Wildman–Crippen MR) is 134 cm³/mol. The first kappa shape index (κ1) is 26.0. The molecule has 3 aromatic rings. The van der Waals surface area contributed by atoms with Gasteiger partial charge in [0.2, 0.25) is 5.91 Å². The molecule has 0 aliphatic heterocycles. The van der Waals surface area contributed by atoms with Gasteiger partial charge in [-0.25, -0.2) is 8.42 Å². The van der Waals surface area contributed by atoms with E-state index in [0.717, 1.165) is 15.9 Å². The number of carbonyl (C=O) groups excluding carboxylic acids is 1. The number of aryl methyl sites for hydroxylation is 1. The Morgan fingerprint density at radius 1 is 1.11 bits per heavy atom. The highest BCUT2D eigenvalue weighted by Gasteiger charge is 2.31. The Bertz CT molecular complexity index is 1330. The minimum Gasteiger partial charge on any atom is -0.495 e. The van der Waals surface area contributed by atoms with Crippen LogP contribution >= 0.6 is 11.6 Å². The van der Waals surface area contributed by atoms with E-state index in [2.05, 4.69) is 5.32 Å². The standard InChI is InChI=1S/C24H24ClN3O6S/c1-17-8-10-20(15-21(17)28(30)31)35(32,33)27(22-14-19(25)9-11-23(22)34-2)16-24(29)26-13-12-18-6-4-3-5-7-18/h3-11,14-15H,12-13,16H2,1-2H3,(H,26,29). The third-order valence-corrected chi connectivity index (χ3v) is 7.23. The van der Waals surface area contributed by atoms with Crippen molar-refractivity contribution >= 4 is 38.9 Å². The molecule has 0 aromatic heterocycles. The molecular weight excluding hydrogens is 494 g/mol. The lowest BCUT2D eigenvalue weighted by atomic mass is 10.1. The van der Waals surface area contributed by atoms with Gasteiger partial charge in [-0.2, -0.15) is 0 Å². The van der Waals surface area contributed by atoms with E-state index in [0.29, 0.717) is 18.5 Å². The number of hydrogen-bond donors (Lipinski definition) is 1. The molecule has 0 aliphatic carbocycles. The summed E-state index contributed by atoms with van der Waals surface area (Å²) in [6.45, 7) is 1.21. The number of amides is 1. The number of hydrogen-bond acceptors (Lipinski definition) is 6. The second kappa shape index (κ2) is 11.2. The van der Waals surface area contributed by atoms with Crippen LogP contribution in [0.3, 0.4) is 0 Å². The molecule has 0 bridgehead atoms. The molecule has 0 radical (unpaired) electrons. The molecule has 11 heteroatoms. The summed E-state index contributed by atoms with van der Waals surface area (Å²) in [6, 6.07) is 17.4. The van der Waals surface area contributed by atoms with Gasteiger partial charge in [0.05, 0.1) is 22.6 Å². The highest BCUT2D eigenvalue weighted by atomic mass is 35.5. The first-order valence-electron chi connectivity index (χ1n) is 10.6. The van der Waals surface area contributed by atoms with Crippen molar-refractivity contribution in [2.75, 3.05) is 24.5 Å². The number of nitrogens with zero attached hydrogens (tertiary/aromatic N) is 2. The third-order valence-electron chi connectivity index (χ3n) is 5.24. The number of benzene rings is 3. The SMILES string of the molecule is COc1ccc(Cl)cc1N(CC(=O)NCCc1ccccc1)S(=O)(=O)c1ccc(C)c([N+](=O)[O-])c1. The average molecular weight is 518 g/mol. The summed E-state index contributed by atoms with van der Waals surface area (Å²) in [7, 11) is -3.06. The Kier molecular flexibility index (Phi) is 8.31. The molecule has 0 saturated heterocycles. The van der Waals surface area contributed by atoms with Crippen LogP contribution in [0.2, 0.25) is 5.02 Å². The first-order chi connectivity index (χ1) is 16.6. The van der Waals surface area contributed by atoms with Crippen LogP contribution in [0.15, 0.2) is 71.6 Å². The van der Waals surface area contributed by atoms with Crippen LogP contribution in [-0.4, -0.2) is 39.4 Å². The Hall–Kier alpha value is -3.63. The molecule has 3 rings (SSSR count). The molecule has 0 spiro atoms. The largest absolute Gasteiger partial charge is 0.495 e. The van der Waals surface area contributed by atoms with Gasteiger partial charge in [-0.15, -0.1) is 0 Å². The van der Waals surface area contributed by atoms with Gasteiger partial charge in [-0.3, -0.25) is 19.2 Å². The molecule has 0 atom stereocenters. The number of methoxy groups -OCH3 is 1. The van der Waals surface area contributed by atoms with Crippen molar-refractivity contribution < 1.29 is 22.9 Å². The molecular formula is C24H24ClN3O6S. The number of rotatable bonds is 10. The van der Waals surface area contributed by atoms with Gasteiger partial charge in [-0.05, 0) is 43.2 Å². The number of carbonyl (C=O) groups is 1. The maximum absolute atomic E-state index is 13.7.